The number of benzene rings is 1. The van der Waals surface area contributed by atoms with Gasteiger partial charge >= 0.3 is 6.18 Å². The lowest BCUT2D eigenvalue weighted by Crippen LogP contribution is -2.09. The van der Waals surface area contributed by atoms with Crippen LogP contribution in [0.5, 0.6) is 0 Å². The highest BCUT2D eigenvalue weighted by Gasteiger charge is 2.33. The predicted molar refractivity (Wildman–Crippen MR) is 80.7 cm³/mol. The second-order valence-corrected chi connectivity index (χ2v) is 5.39. The van der Waals surface area contributed by atoms with Gasteiger partial charge in [0.25, 0.3) is 6.43 Å². The Balaban J connectivity index is 2.03. The van der Waals surface area contributed by atoms with Gasteiger partial charge in [-0.1, -0.05) is 0 Å². The van der Waals surface area contributed by atoms with Crippen molar-refractivity contribution in [2.45, 2.75) is 12.6 Å². The van der Waals surface area contributed by atoms with Crippen LogP contribution < -0.4 is 0 Å². The lowest BCUT2D eigenvalue weighted by atomic mass is 10.2. The minimum atomic E-state index is -4.68. The summed E-state index contributed by atoms with van der Waals surface area (Å²) >= 11 is 0. The van der Waals surface area contributed by atoms with Crippen molar-refractivity contribution < 1.29 is 22.0 Å². The molecule has 3 aromatic heterocycles. The number of alkyl halides is 5. The SMILES string of the molecule is FC(F)c1nc2ccc(C(F)(F)F)nc2n1-c1ccc2[nH]ccc2c1. The third-order valence-electron chi connectivity index (χ3n) is 3.81. The molecule has 25 heavy (non-hydrogen) atoms. The number of halogens is 5. The van der Waals surface area contributed by atoms with Crippen LogP contribution in [-0.4, -0.2) is 19.5 Å². The first-order valence-electron chi connectivity index (χ1n) is 7.17. The van der Waals surface area contributed by atoms with Crippen LogP contribution >= 0.6 is 0 Å². The molecule has 0 unspecified atom stereocenters. The number of nitrogens with zero attached hydrogens (tertiary/aromatic N) is 3. The lowest BCUT2D eigenvalue weighted by molar-refractivity contribution is -0.141. The topological polar surface area (TPSA) is 46.5 Å². The van der Waals surface area contributed by atoms with Gasteiger partial charge in [0, 0.05) is 22.8 Å². The van der Waals surface area contributed by atoms with E-state index in [0.29, 0.717) is 0 Å². The fraction of sp³-hybridized carbons (Fsp3) is 0.125. The van der Waals surface area contributed by atoms with Gasteiger partial charge in [-0.3, -0.25) is 4.57 Å². The first-order chi connectivity index (χ1) is 11.8. The highest BCUT2D eigenvalue weighted by Crippen LogP contribution is 2.32. The van der Waals surface area contributed by atoms with E-state index in [4.69, 9.17) is 0 Å². The van der Waals surface area contributed by atoms with Crippen molar-refractivity contribution in [2.75, 3.05) is 0 Å². The number of hydrogen-bond acceptors (Lipinski definition) is 2. The average Bonchev–Trinajstić information content (AvgIpc) is 3.16. The van der Waals surface area contributed by atoms with Gasteiger partial charge in [0.1, 0.15) is 11.2 Å². The first kappa shape index (κ1) is 15.6. The number of aromatic nitrogens is 4. The minimum Gasteiger partial charge on any atom is -0.361 e. The molecule has 0 saturated carbocycles. The van der Waals surface area contributed by atoms with Gasteiger partial charge < -0.3 is 4.98 Å². The Morgan fingerprint density at radius 3 is 2.52 bits per heavy atom. The fourth-order valence-electron chi connectivity index (χ4n) is 2.71. The monoisotopic (exact) mass is 352 g/mol. The molecule has 0 fully saturated rings. The molecule has 1 aromatic carbocycles. The number of rotatable bonds is 2. The zero-order valence-corrected chi connectivity index (χ0v) is 12.4. The van der Waals surface area contributed by atoms with Crippen molar-refractivity contribution in [3.05, 3.63) is 54.1 Å². The zero-order chi connectivity index (χ0) is 17.8. The Labute approximate surface area is 136 Å². The van der Waals surface area contributed by atoms with Crippen molar-refractivity contribution in [1.82, 2.24) is 19.5 Å². The Morgan fingerprint density at radius 1 is 1.00 bits per heavy atom. The van der Waals surface area contributed by atoms with E-state index in [1.165, 1.54) is 6.07 Å². The molecule has 0 atom stereocenters. The van der Waals surface area contributed by atoms with Crippen LogP contribution in [-0.2, 0) is 6.18 Å². The van der Waals surface area contributed by atoms with Crippen LogP contribution in [0, 0.1) is 0 Å². The Bertz CT molecular complexity index is 1080. The number of nitrogens with one attached hydrogen (secondary N) is 1. The summed E-state index contributed by atoms with van der Waals surface area (Å²) in [5.74, 6) is -0.656. The third-order valence-corrected chi connectivity index (χ3v) is 3.81. The van der Waals surface area contributed by atoms with Gasteiger partial charge in [-0.2, -0.15) is 13.2 Å². The summed E-state index contributed by atoms with van der Waals surface area (Å²) in [5, 5.41) is 0.728. The average molecular weight is 352 g/mol. The van der Waals surface area contributed by atoms with Gasteiger partial charge in [-0.15, -0.1) is 0 Å². The largest absolute Gasteiger partial charge is 0.433 e. The number of aromatic amines is 1. The molecule has 0 aliphatic rings. The van der Waals surface area contributed by atoms with Crippen molar-refractivity contribution in [1.29, 1.82) is 0 Å². The molecule has 0 amide bonds. The van der Waals surface area contributed by atoms with Crippen LogP contribution in [0.3, 0.4) is 0 Å². The van der Waals surface area contributed by atoms with E-state index in [1.54, 1.807) is 24.4 Å². The Kier molecular flexibility index (Phi) is 3.28. The summed E-state index contributed by atoms with van der Waals surface area (Å²) < 4.78 is 66.6. The van der Waals surface area contributed by atoms with Gasteiger partial charge in [0.05, 0.1) is 0 Å². The molecular formula is C16H9F5N4. The van der Waals surface area contributed by atoms with Crippen LogP contribution in [0.2, 0.25) is 0 Å². The van der Waals surface area contributed by atoms with Gasteiger partial charge in [-0.25, -0.2) is 18.7 Å². The minimum absolute atomic E-state index is 0.0301. The maximum Gasteiger partial charge on any atom is 0.433 e. The van der Waals surface area contributed by atoms with Crippen LogP contribution in [0.4, 0.5) is 22.0 Å². The standard InChI is InChI=1S/C16H9F5N4/c17-13(18)15-23-11-3-4-12(16(19,20)21)24-14(11)25(15)9-1-2-10-8(7-9)5-6-22-10/h1-7,13,22H. The quantitative estimate of drug-likeness (QED) is 0.524. The molecule has 128 valence electrons. The normalized spacial score (nSPS) is 12.6. The number of imidazole rings is 1. The second kappa shape index (κ2) is 5.27. The Morgan fingerprint density at radius 2 is 1.80 bits per heavy atom. The van der Waals surface area contributed by atoms with E-state index in [-0.39, 0.29) is 16.9 Å². The number of pyridine rings is 1. The molecule has 4 rings (SSSR count). The van der Waals surface area contributed by atoms with Crippen LogP contribution in [0.15, 0.2) is 42.6 Å². The van der Waals surface area contributed by atoms with Gasteiger partial charge in [0.2, 0.25) is 0 Å². The summed E-state index contributed by atoms with van der Waals surface area (Å²) in [4.78, 5) is 10.2. The van der Waals surface area contributed by atoms with Crippen LogP contribution in [0.1, 0.15) is 17.9 Å². The molecule has 0 aliphatic heterocycles. The summed E-state index contributed by atoms with van der Waals surface area (Å²) in [6.45, 7) is 0. The van der Waals surface area contributed by atoms with Crippen molar-refractivity contribution in [2.24, 2.45) is 0 Å². The molecule has 0 aliphatic carbocycles. The smallest absolute Gasteiger partial charge is 0.361 e. The van der Waals surface area contributed by atoms with Crippen molar-refractivity contribution in [3.63, 3.8) is 0 Å². The highest BCUT2D eigenvalue weighted by atomic mass is 19.4. The summed E-state index contributed by atoms with van der Waals surface area (Å²) in [6.07, 6.45) is -5.97. The van der Waals surface area contributed by atoms with E-state index < -0.39 is 24.1 Å². The third kappa shape index (κ3) is 2.51. The first-order valence-corrected chi connectivity index (χ1v) is 7.17. The maximum absolute atomic E-state index is 13.4. The Hall–Kier alpha value is -2.97. The predicted octanol–water partition coefficient (Wildman–Crippen LogP) is 4.86. The summed E-state index contributed by atoms with van der Waals surface area (Å²) in [6, 6.07) is 8.26. The lowest BCUT2D eigenvalue weighted by Gasteiger charge is -2.10. The van der Waals surface area contributed by atoms with E-state index >= 15 is 0 Å². The second-order valence-electron chi connectivity index (χ2n) is 5.39. The summed E-state index contributed by atoms with van der Waals surface area (Å²) in [5.41, 5.74) is -0.422. The number of H-pyrrole nitrogens is 1. The van der Waals surface area contributed by atoms with E-state index in [1.807, 2.05) is 0 Å². The molecule has 9 heteroatoms. The maximum atomic E-state index is 13.4. The number of fused-ring (bicyclic) bond motifs is 2. The molecule has 4 aromatic rings. The van der Waals surface area contributed by atoms with Crippen molar-refractivity contribution >= 4 is 22.1 Å². The van der Waals surface area contributed by atoms with E-state index in [2.05, 4.69) is 15.0 Å². The molecule has 1 N–H and O–H groups in total. The highest BCUT2D eigenvalue weighted by molar-refractivity contribution is 5.83. The molecule has 0 bridgehead atoms. The van der Waals surface area contributed by atoms with Crippen LogP contribution in [0.25, 0.3) is 27.8 Å². The molecular weight excluding hydrogens is 343 g/mol. The molecule has 0 radical (unpaired) electrons. The number of hydrogen-bond donors (Lipinski definition) is 1. The molecule has 3 heterocycles. The molecule has 0 spiro atoms. The summed E-state index contributed by atoms with van der Waals surface area (Å²) in [7, 11) is 0. The zero-order valence-electron chi connectivity index (χ0n) is 12.4. The molecule has 4 nitrogen and oxygen atoms in total. The van der Waals surface area contributed by atoms with Gasteiger partial charge in [-0.05, 0) is 36.4 Å². The van der Waals surface area contributed by atoms with E-state index in [9.17, 15) is 22.0 Å². The van der Waals surface area contributed by atoms with Gasteiger partial charge in [0.15, 0.2) is 11.5 Å². The van der Waals surface area contributed by atoms with E-state index in [0.717, 1.165) is 27.6 Å². The fourth-order valence-corrected chi connectivity index (χ4v) is 2.71. The van der Waals surface area contributed by atoms with Crippen molar-refractivity contribution in [3.8, 4) is 5.69 Å². The molecule has 0 saturated heterocycles.